The van der Waals surface area contributed by atoms with Gasteiger partial charge in [-0.1, -0.05) is 32.1 Å². The Labute approximate surface area is 140 Å². The smallest absolute Gasteiger partial charge is 0.326 e. The molecule has 1 atom stereocenters. The molecule has 0 unspecified atom stereocenters. The number of amides is 1. The van der Waals surface area contributed by atoms with Gasteiger partial charge < -0.3 is 10.4 Å². The van der Waals surface area contributed by atoms with Gasteiger partial charge in [0, 0.05) is 6.07 Å². The first kappa shape index (κ1) is 18.4. The van der Waals surface area contributed by atoms with Crippen LogP contribution in [0.2, 0.25) is 0 Å². The van der Waals surface area contributed by atoms with Crippen LogP contribution in [0.15, 0.2) is 18.2 Å². The molecule has 1 aromatic rings. The third-order valence-electron chi connectivity index (χ3n) is 4.51. The third-order valence-corrected chi connectivity index (χ3v) is 4.51. The Morgan fingerprint density at radius 3 is 2.33 bits per heavy atom. The number of carboxylic acids is 1. The lowest BCUT2D eigenvalue weighted by molar-refractivity contribution is -0.142. The molecule has 0 saturated heterocycles. The van der Waals surface area contributed by atoms with Crippen molar-refractivity contribution in [3.8, 4) is 0 Å². The van der Waals surface area contributed by atoms with Gasteiger partial charge in [0.25, 0.3) is 0 Å². The zero-order valence-corrected chi connectivity index (χ0v) is 13.6. The Balaban J connectivity index is 1.86. The highest BCUT2D eigenvalue weighted by molar-refractivity contribution is 5.84. The molecule has 24 heavy (non-hydrogen) atoms. The summed E-state index contributed by atoms with van der Waals surface area (Å²) >= 11 is 0. The van der Waals surface area contributed by atoms with Crippen LogP contribution in [-0.4, -0.2) is 23.0 Å². The number of carbonyl (C=O) groups excluding carboxylic acids is 1. The van der Waals surface area contributed by atoms with E-state index >= 15 is 0 Å². The largest absolute Gasteiger partial charge is 0.480 e. The lowest BCUT2D eigenvalue weighted by Crippen LogP contribution is -2.41. The number of nitrogens with one attached hydrogen (secondary N) is 1. The van der Waals surface area contributed by atoms with Crippen LogP contribution in [0, 0.1) is 17.6 Å². The van der Waals surface area contributed by atoms with Crippen molar-refractivity contribution in [1.29, 1.82) is 0 Å². The maximum atomic E-state index is 13.1. The Morgan fingerprint density at radius 2 is 1.75 bits per heavy atom. The average molecular weight is 339 g/mol. The van der Waals surface area contributed by atoms with Crippen LogP contribution in [0.1, 0.15) is 50.5 Å². The zero-order chi connectivity index (χ0) is 17.5. The molecular formula is C18H23F2NO3. The summed E-state index contributed by atoms with van der Waals surface area (Å²) in [7, 11) is 0. The van der Waals surface area contributed by atoms with Crippen molar-refractivity contribution in [1.82, 2.24) is 5.32 Å². The standard InChI is InChI=1S/C18H23F2NO3/c19-14-8-13(9-15(20)11-14)10-17(22)21-16(18(23)24)7-6-12-4-2-1-3-5-12/h8-9,11-12,16H,1-7,10H2,(H,21,22)(H,23,24)/t16-/m0/s1. The second-order valence-electron chi connectivity index (χ2n) is 6.49. The maximum absolute atomic E-state index is 13.1. The molecule has 1 aliphatic carbocycles. The van der Waals surface area contributed by atoms with E-state index in [0.717, 1.165) is 37.5 Å². The van der Waals surface area contributed by atoms with Gasteiger partial charge in [0.2, 0.25) is 5.91 Å². The third kappa shape index (κ3) is 5.91. The fourth-order valence-corrected chi connectivity index (χ4v) is 3.28. The summed E-state index contributed by atoms with van der Waals surface area (Å²) in [5, 5.41) is 11.7. The zero-order valence-electron chi connectivity index (χ0n) is 13.6. The maximum Gasteiger partial charge on any atom is 0.326 e. The number of halogens is 2. The number of hydrogen-bond donors (Lipinski definition) is 2. The Kier molecular flexibility index (Phi) is 6.70. The topological polar surface area (TPSA) is 66.4 Å². The Hall–Kier alpha value is -1.98. The number of rotatable bonds is 7. The molecule has 1 saturated carbocycles. The van der Waals surface area contributed by atoms with Crippen LogP contribution in [0.25, 0.3) is 0 Å². The molecule has 0 spiro atoms. The molecule has 6 heteroatoms. The summed E-state index contributed by atoms with van der Waals surface area (Å²) in [6.07, 6.45) is 6.72. The van der Waals surface area contributed by atoms with Crippen LogP contribution in [0.3, 0.4) is 0 Å². The van der Waals surface area contributed by atoms with E-state index in [0.29, 0.717) is 12.3 Å². The fraction of sp³-hybridized carbons (Fsp3) is 0.556. The SMILES string of the molecule is O=C(Cc1cc(F)cc(F)c1)N[C@@H](CCC1CCCCC1)C(=O)O. The Morgan fingerprint density at radius 1 is 1.12 bits per heavy atom. The van der Waals surface area contributed by atoms with E-state index in [-0.39, 0.29) is 12.0 Å². The average Bonchev–Trinajstić information content (AvgIpc) is 2.51. The monoisotopic (exact) mass is 339 g/mol. The molecule has 2 rings (SSSR count). The number of carbonyl (C=O) groups is 2. The van der Waals surface area contributed by atoms with Crippen molar-refractivity contribution in [2.45, 2.75) is 57.4 Å². The van der Waals surface area contributed by atoms with Crippen LogP contribution in [0.4, 0.5) is 8.78 Å². The summed E-state index contributed by atoms with van der Waals surface area (Å²) in [6, 6.07) is 1.91. The molecule has 0 aliphatic heterocycles. The summed E-state index contributed by atoms with van der Waals surface area (Å²) in [6.45, 7) is 0. The number of hydrogen-bond acceptors (Lipinski definition) is 2. The van der Waals surface area contributed by atoms with Crippen molar-refractivity contribution in [3.63, 3.8) is 0 Å². The molecule has 0 aromatic heterocycles. The van der Waals surface area contributed by atoms with Gasteiger partial charge in [-0.3, -0.25) is 4.79 Å². The van der Waals surface area contributed by atoms with Gasteiger partial charge in [-0.2, -0.15) is 0 Å². The molecule has 1 aromatic carbocycles. The summed E-state index contributed by atoms with van der Waals surface area (Å²) < 4.78 is 26.3. The highest BCUT2D eigenvalue weighted by Crippen LogP contribution is 2.27. The Bertz CT molecular complexity index is 565. The van der Waals surface area contributed by atoms with Gasteiger partial charge in [-0.25, -0.2) is 13.6 Å². The molecule has 0 heterocycles. The molecule has 0 radical (unpaired) electrons. The van der Waals surface area contributed by atoms with Crippen LogP contribution >= 0.6 is 0 Å². The van der Waals surface area contributed by atoms with E-state index in [4.69, 9.17) is 0 Å². The molecule has 2 N–H and O–H groups in total. The van der Waals surface area contributed by atoms with Gasteiger partial charge in [0.15, 0.2) is 0 Å². The summed E-state index contributed by atoms with van der Waals surface area (Å²) in [5.41, 5.74) is 0.182. The minimum absolute atomic E-state index is 0.182. The molecule has 1 amide bonds. The normalized spacial score (nSPS) is 16.6. The summed E-state index contributed by atoms with van der Waals surface area (Å²) in [5.74, 6) is -2.62. The molecule has 0 bridgehead atoms. The van der Waals surface area contributed by atoms with E-state index in [1.807, 2.05) is 0 Å². The van der Waals surface area contributed by atoms with Crippen LogP contribution < -0.4 is 5.32 Å². The lowest BCUT2D eigenvalue weighted by Gasteiger charge is -2.23. The van der Waals surface area contributed by atoms with Crippen molar-refractivity contribution in [3.05, 3.63) is 35.4 Å². The quantitative estimate of drug-likeness (QED) is 0.800. The second kappa shape index (κ2) is 8.76. The fourth-order valence-electron chi connectivity index (χ4n) is 3.28. The van der Waals surface area contributed by atoms with Crippen molar-refractivity contribution >= 4 is 11.9 Å². The molecule has 132 valence electrons. The van der Waals surface area contributed by atoms with E-state index < -0.39 is 29.6 Å². The van der Waals surface area contributed by atoms with Crippen LogP contribution in [0.5, 0.6) is 0 Å². The number of carboxylic acid groups (broad SMARTS) is 1. The predicted molar refractivity (Wildman–Crippen MR) is 85.4 cm³/mol. The first-order valence-electron chi connectivity index (χ1n) is 8.41. The predicted octanol–water partition coefficient (Wildman–Crippen LogP) is 3.44. The highest BCUT2D eigenvalue weighted by atomic mass is 19.1. The van der Waals surface area contributed by atoms with Crippen molar-refractivity contribution < 1.29 is 23.5 Å². The van der Waals surface area contributed by atoms with E-state index in [1.165, 1.54) is 19.3 Å². The first-order valence-corrected chi connectivity index (χ1v) is 8.41. The van der Waals surface area contributed by atoms with E-state index in [2.05, 4.69) is 5.32 Å². The molecule has 4 nitrogen and oxygen atoms in total. The molecule has 1 aliphatic rings. The number of aliphatic carboxylic acids is 1. The first-order chi connectivity index (χ1) is 11.4. The summed E-state index contributed by atoms with van der Waals surface area (Å²) in [4.78, 5) is 23.3. The van der Waals surface area contributed by atoms with Crippen molar-refractivity contribution in [2.24, 2.45) is 5.92 Å². The van der Waals surface area contributed by atoms with Crippen molar-refractivity contribution in [2.75, 3.05) is 0 Å². The van der Waals surface area contributed by atoms with Gasteiger partial charge in [-0.15, -0.1) is 0 Å². The van der Waals surface area contributed by atoms with Gasteiger partial charge >= 0.3 is 5.97 Å². The number of benzene rings is 1. The van der Waals surface area contributed by atoms with E-state index in [1.54, 1.807) is 0 Å². The second-order valence-corrected chi connectivity index (χ2v) is 6.49. The molecule has 1 fully saturated rings. The molecular weight excluding hydrogens is 316 g/mol. The van der Waals surface area contributed by atoms with Crippen LogP contribution in [-0.2, 0) is 16.0 Å². The van der Waals surface area contributed by atoms with E-state index in [9.17, 15) is 23.5 Å². The minimum atomic E-state index is -1.08. The van der Waals surface area contributed by atoms with Gasteiger partial charge in [-0.05, 0) is 36.5 Å². The lowest BCUT2D eigenvalue weighted by atomic mass is 9.85. The van der Waals surface area contributed by atoms with Gasteiger partial charge in [0.05, 0.1) is 6.42 Å². The minimum Gasteiger partial charge on any atom is -0.480 e. The van der Waals surface area contributed by atoms with Gasteiger partial charge in [0.1, 0.15) is 17.7 Å². The highest BCUT2D eigenvalue weighted by Gasteiger charge is 2.22.